The smallest absolute Gasteiger partial charge is 0.230 e. The molecule has 0 amide bonds. The van der Waals surface area contributed by atoms with Crippen LogP contribution in [0.4, 0.5) is 17.6 Å². The Morgan fingerprint density at radius 1 is 1.12 bits per heavy atom. The molecule has 128 valence electrons. The molecule has 6 heteroatoms. The molecule has 3 rings (SSSR count). The van der Waals surface area contributed by atoms with Crippen LogP contribution in [0, 0.1) is 5.82 Å². The van der Waals surface area contributed by atoms with Crippen molar-refractivity contribution in [3.63, 3.8) is 0 Å². The van der Waals surface area contributed by atoms with Gasteiger partial charge in [0, 0.05) is 12.0 Å². The van der Waals surface area contributed by atoms with E-state index < -0.39 is 11.7 Å². The molecule has 0 bridgehead atoms. The van der Waals surface area contributed by atoms with Gasteiger partial charge in [-0.05, 0) is 65.9 Å². The van der Waals surface area contributed by atoms with Gasteiger partial charge in [-0.15, -0.1) is 0 Å². The molecule has 1 aliphatic carbocycles. The Bertz CT molecular complexity index is 729. The maximum atomic E-state index is 13.4. The molecule has 1 nitrogen and oxygen atoms in total. The number of rotatable bonds is 3. The lowest BCUT2D eigenvalue weighted by Gasteiger charge is -2.33. The fraction of sp³-hybridized carbons (Fsp3) is 0.333. The van der Waals surface area contributed by atoms with Gasteiger partial charge < -0.3 is 0 Å². The van der Waals surface area contributed by atoms with Crippen molar-refractivity contribution in [3.8, 4) is 0 Å². The van der Waals surface area contributed by atoms with Gasteiger partial charge in [0.2, 0.25) is 0 Å². The summed E-state index contributed by atoms with van der Waals surface area (Å²) in [5.74, 6) is -0.404. The second kappa shape index (κ2) is 6.73. The summed E-state index contributed by atoms with van der Waals surface area (Å²) in [7, 11) is 0. The second-order valence-electron chi connectivity index (χ2n) is 6.11. The minimum atomic E-state index is -4.37. The summed E-state index contributed by atoms with van der Waals surface area (Å²) < 4.78 is 52.1. The molecule has 0 saturated carbocycles. The highest BCUT2D eigenvalue weighted by Crippen LogP contribution is 2.36. The molecule has 0 fully saturated rings. The van der Waals surface area contributed by atoms with Crippen LogP contribution in [0.25, 0.3) is 0 Å². The molecule has 24 heavy (non-hydrogen) atoms. The van der Waals surface area contributed by atoms with Crippen molar-refractivity contribution in [2.24, 2.45) is 0 Å². The summed E-state index contributed by atoms with van der Waals surface area (Å²) >= 11 is 5.84. The summed E-state index contributed by atoms with van der Waals surface area (Å²) in [6.45, 7) is 0. The zero-order valence-corrected chi connectivity index (χ0v) is 13.5. The number of hydrogen-bond acceptors (Lipinski definition) is 1. The molecule has 0 heterocycles. The number of hydrogen-bond donors (Lipinski definition) is 1. The third kappa shape index (κ3) is 3.57. The van der Waals surface area contributed by atoms with E-state index in [1.807, 2.05) is 0 Å². The number of aryl methyl sites for hydroxylation is 1. The Morgan fingerprint density at radius 2 is 1.92 bits per heavy atom. The van der Waals surface area contributed by atoms with Gasteiger partial charge in [-0.1, -0.05) is 24.3 Å². The molecular formula is C18H16ClF4N. The van der Waals surface area contributed by atoms with Crippen molar-refractivity contribution in [3.05, 3.63) is 70.5 Å². The number of alkyl halides is 3. The first-order chi connectivity index (χ1) is 11.4. The highest BCUT2D eigenvalue weighted by molar-refractivity contribution is 6.13. The largest absolute Gasteiger partial charge is 0.416 e. The molecule has 0 aromatic heterocycles. The first kappa shape index (κ1) is 17.2. The van der Waals surface area contributed by atoms with Crippen LogP contribution in [0.2, 0.25) is 0 Å². The van der Waals surface area contributed by atoms with Gasteiger partial charge in [-0.25, -0.2) is 9.23 Å². The molecule has 2 unspecified atom stereocenters. The van der Waals surface area contributed by atoms with Gasteiger partial charge in [0.1, 0.15) is 5.82 Å². The molecule has 2 aromatic carbocycles. The fourth-order valence-corrected chi connectivity index (χ4v) is 3.65. The van der Waals surface area contributed by atoms with Gasteiger partial charge in [-0.2, -0.15) is 13.2 Å². The Balaban J connectivity index is 1.93. The Labute approximate surface area is 142 Å². The van der Waals surface area contributed by atoms with E-state index in [-0.39, 0.29) is 17.8 Å². The van der Waals surface area contributed by atoms with Crippen LogP contribution in [0.3, 0.4) is 0 Å². The van der Waals surface area contributed by atoms with E-state index in [4.69, 9.17) is 11.8 Å². The average Bonchev–Trinajstić information content (AvgIpc) is 2.54. The minimum Gasteiger partial charge on any atom is -0.230 e. The van der Waals surface area contributed by atoms with Crippen molar-refractivity contribution < 1.29 is 17.6 Å². The van der Waals surface area contributed by atoms with Gasteiger partial charge in [0.15, 0.2) is 0 Å². The first-order valence-electron chi connectivity index (χ1n) is 7.69. The average molecular weight is 358 g/mol. The summed E-state index contributed by atoms with van der Waals surface area (Å²) in [5, 5.41) is 0. The van der Waals surface area contributed by atoms with E-state index in [1.54, 1.807) is 12.1 Å². The van der Waals surface area contributed by atoms with Crippen molar-refractivity contribution in [2.75, 3.05) is 0 Å². The highest BCUT2D eigenvalue weighted by Gasteiger charge is 2.32. The Hall–Kier alpha value is -1.59. The van der Waals surface area contributed by atoms with Crippen molar-refractivity contribution in [1.29, 1.82) is 0 Å². The maximum absolute atomic E-state index is 13.4. The topological polar surface area (TPSA) is 12.0 Å². The summed E-state index contributed by atoms with van der Waals surface area (Å²) in [6.07, 6.45) is -2.55. The van der Waals surface area contributed by atoms with Crippen LogP contribution < -0.4 is 4.84 Å². The number of benzene rings is 2. The third-order valence-corrected chi connectivity index (χ3v) is 4.85. The first-order valence-corrected chi connectivity index (χ1v) is 8.07. The number of nitrogens with one attached hydrogen (secondary N) is 1. The van der Waals surface area contributed by atoms with Crippen LogP contribution >= 0.6 is 11.8 Å². The van der Waals surface area contributed by atoms with Crippen LogP contribution in [0.1, 0.15) is 34.6 Å². The predicted octanol–water partition coefficient (Wildman–Crippen LogP) is 5.23. The summed E-state index contributed by atoms with van der Waals surface area (Å²) in [5.41, 5.74) is 1.77. The predicted molar refractivity (Wildman–Crippen MR) is 85.4 cm³/mol. The van der Waals surface area contributed by atoms with Gasteiger partial charge in [-0.3, -0.25) is 0 Å². The van der Waals surface area contributed by atoms with E-state index in [0.29, 0.717) is 24.8 Å². The normalized spacial score (nSPS) is 20.7. The van der Waals surface area contributed by atoms with Gasteiger partial charge >= 0.3 is 6.18 Å². The highest BCUT2D eigenvalue weighted by atomic mass is 35.5. The monoisotopic (exact) mass is 357 g/mol. The molecule has 0 aliphatic heterocycles. The van der Waals surface area contributed by atoms with Crippen LogP contribution in [0.15, 0.2) is 42.5 Å². The summed E-state index contributed by atoms with van der Waals surface area (Å²) in [6, 6.07) is 9.85. The molecule has 1 aliphatic rings. The maximum Gasteiger partial charge on any atom is 0.416 e. The van der Waals surface area contributed by atoms with Crippen LogP contribution in [0.5, 0.6) is 0 Å². The number of halogens is 5. The molecule has 0 radical (unpaired) electrons. The lowest BCUT2D eigenvalue weighted by molar-refractivity contribution is -0.137. The molecule has 1 N–H and O–H groups in total. The van der Waals surface area contributed by atoms with Crippen molar-refractivity contribution >= 4 is 11.8 Å². The standard InChI is InChI=1S/C18H16ClF4N/c19-24-17-7-4-12-10-14(20)5-6-15(12)16(17)9-11-2-1-3-13(8-11)18(21,22)23/h1-3,5-6,8,10,16-17,24H,4,7,9H2. The Morgan fingerprint density at radius 3 is 2.62 bits per heavy atom. The number of fused-ring (bicyclic) bond motifs is 1. The fourth-order valence-electron chi connectivity index (χ4n) is 3.39. The molecule has 0 saturated heterocycles. The van der Waals surface area contributed by atoms with Crippen molar-refractivity contribution in [1.82, 2.24) is 4.84 Å². The quantitative estimate of drug-likeness (QED) is 0.586. The molecular weight excluding hydrogens is 342 g/mol. The van der Waals surface area contributed by atoms with Crippen LogP contribution in [-0.2, 0) is 19.0 Å². The zero-order chi connectivity index (χ0) is 17.3. The molecule has 2 atom stereocenters. The second-order valence-corrected chi connectivity index (χ2v) is 6.32. The van der Waals surface area contributed by atoms with Gasteiger partial charge in [0.05, 0.1) is 5.56 Å². The van der Waals surface area contributed by atoms with E-state index in [0.717, 1.165) is 17.2 Å². The summed E-state index contributed by atoms with van der Waals surface area (Å²) in [4.78, 5) is 2.73. The lowest BCUT2D eigenvalue weighted by atomic mass is 9.76. The molecule has 0 spiro atoms. The van der Waals surface area contributed by atoms with E-state index in [9.17, 15) is 17.6 Å². The Kier molecular flexibility index (Phi) is 4.83. The molecule has 2 aromatic rings. The van der Waals surface area contributed by atoms with E-state index in [1.165, 1.54) is 24.3 Å². The lowest BCUT2D eigenvalue weighted by Crippen LogP contribution is -2.34. The van der Waals surface area contributed by atoms with E-state index in [2.05, 4.69) is 4.84 Å². The van der Waals surface area contributed by atoms with Gasteiger partial charge in [0.25, 0.3) is 0 Å². The van der Waals surface area contributed by atoms with E-state index >= 15 is 0 Å². The third-order valence-electron chi connectivity index (χ3n) is 4.56. The minimum absolute atomic E-state index is 0.0702. The van der Waals surface area contributed by atoms with Crippen LogP contribution in [-0.4, -0.2) is 6.04 Å². The SMILES string of the molecule is Fc1ccc2c(c1)CCC(NCl)C2Cc1cccc(C(F)(F)F)c1. The van der Waals surface area contributed by atoms with Crippen molar-refractivity contribution in [2.45, 2.75) is 37.4 Å². The zero-order valence-electron chi connectivity index (χ0n) is 12.7.